The highest BCUT2D eigenvalue weighted by Crippen LogP contribution is 2.44. The largest absolute Gasteiger partial charge is 0.507 e. The number of amides is 1. The van der Waals surface area contributed by atoms with E-state index in [1.807, 2.05) is 0 Å². The molecule has 1 N–H and O–H groups in total. The third-order valence-corrected chi connectivity index (χ3v) is 6.84. The third-order valence-electron chi connectivity index (χ3n) is 5.70. The van der Waals surface area contributed by atoms with Crippen molar-refractivity contribution in [2.24, 2.45) is 0 Å². The Labute approximate surface area is 212 Å². The summed E-state index contributed by atoms with van der Waals surface area (Å²) in [7, 11) is 1.25. The van der Waals surface area contributed by atoms with Gasteiger partial charge in [0, 0.05) is 18.0 Å². The number of carbonyl (C=O) groups excluding carboxylic acids is 3. The molecule has 36 heavy (non-hydrogen) atoms. The Morgan fingerprint density at radius 2 is 1.94 bits per heavy atom. The van der Waals surface area contributed by atoms with Gasteiger partial charge in [0.25, 0.3) is 5.78 Å². The number of hydrogen-bond donors (Lipinski definition) is 1. The molecule has 0 aliphatic carbocycles. The number of aliphatic hydroxyl groups is 1. The maximum absolute atomic E-state index is 13.3. The van der Waals surface area contributed by atoms with Crippen molar-refractivity contribution in [2.75, 3.05) is 18.6 Å². The van der Waals surface area contributed by atoms with Gasteiger partial charge >= 0.3 is 11.9 Å². The first-order valence-corrected chi connectivity index (χ1v) is 12.2. The molecule has 1 aliphatic rings. The van der Waals surface area contributed by atoms with E-state index in [9.17, 15) is 19.5 Å². The summed E-state index contributed by atoms with van der Waals surface area (Å²) >= 11 is 0.944. The number of methoxy groups -OCH3 is 1. The third kappa shape index (κ3) is 4.72. The average molecular weight is 508 g/mol. The number of ether oxygens (including phenoxy) is 2. The van der Waals surface area contributed by atoms with Crippen molar-refractivity contribution < 1.29 is 29.0 Å². The summed E-state index contributed by atoms with van der Waals surface area (Å²) in [6.07, 6.45) is 4.92. The zero-order valence-electron chi connectivity index (χ0n) is 20.1. The fraction of sp³-hybridized carbons (Fsp3) is 0.269. The maximum Gasteiger partial charge on any atom is 0.350 e. The minimum absolute atomic E-state index is 0.0932. The molecule has 1 saturated heterocycles. The SMILES string of the molecule is CCCCOc1cccc(/C(O)=C2\C(=O)C(=O)N(c3nc(C)c(C(=O)OC)s3)C2c2ccncc2)c1. The number of aryl methyl sites for hydroxylation is 1. The lowest BCUT2D eigenvalue weighted by Gasteiger charge is -2.22. The van der Waals surface area contributed by atoms with Crippen molar-refractivity contribution in [3.8, 4) is 5.75 Å². The van der Waals surface area contributed by atoms with E-state index in [0.29, 0.717) is 29.2 Å². The van der Waals surface area contributed by atoms with Gasteiger partial charge < -0.3 is 14.6 Å². The van der Waals surface area contributed by atoms with Crippen LogP contribution in [0, 0.1) is 6.92 Å². The van der Waals surface area contributed by atoms with Crippen molar-refractivity contribution in [3.63, 3.8) is 0 Å². The van der Waals surface area contributed by atoms with Crippen LogP contribution in [0.15, 0.2) is 54.4 Å². The van der Waals surface area contributed by atoms with Crippen LogP contribution in [0.25, 0.3) is 5.76 Å². The maximum atomic E-state index is 13.3. The number of Topliss-reactive ketones (excluding diaryl/α,β-unsaturated/α-hetero) is 1. The summed E-state index contributed by atoms with van der Waals surface area (Å²) < 4.78 is 10.5. The van der Waals surface area contributed by atoms with E-state index in [1.54, 1.807) is 43.3 Å². The van der Waals surface area contributed by atoms with Crippen molar-refractivity contribution in [1.29, 1.82) is 0 Å². The second-order valence-electron chi connectivity index (χ2n) is 8.08. The van der Waals surface area contributed by atoms with Crippen LogP contribution in [0.3, 0.4) is 0 Å². The molecule has 10 heteroatoms. The van der Waals surface area contributed by atoms with Gasteiger partial charge in [0.2, 0.25) is 0 Å². The predicted octanol–water partition coefficient (Wildman–Crippen LogP) is 4.44. The number of rotatable bonds is 8. The standard InChI is InChI=1S/C26H25N3O6S/c1-4-5-13-35-18-8-6-7-17(14-18)21(30)19-20(16-9-11-27-12-10-16)29(24(32)22(19)31)26-28-15(2)23(36-26)25(33)34-3/h6-12,14,20,30H,4-5,13H2,1-3H3/b21-19+. The molecule has 3 heterocycles. The number of nitrogens with zero attached hydrogens (tertiary/aromatic N) is 3. The molecule has 1 atom stereocenters. The van der Waals surface area contributed by atoms with Crippen molar-refractivity contribution in [2.45, 2.75) is 32.7 Å². The number of hydrogen-bond acceptors (Lipinski definition) is 9. The van der Waals surface area contributed by atoms with E-state index in [-0.39, 0.29) is 21.3 Å². The van der Waals surface area contributed by atoms with Crippen LogP contribution in [0.4, 0.5) is 5.13 Å². The lowest BCUT2D eigenvalue weighted by Crippen LogP contribution is -2.29. The first kappa shape index (κ1) is 25.1. The Kier molecular flexibility index (Phi) is 7.44. The Hall–Kier alpha value is -4.05. The number of aromatic nitrogens is 2. The summed E-state index contributed by atoms with van der Waals surface area (Å²) in [5.41, 5.74) is 1.17. The number of unbranched alkanes of at least 4 members (excludes halogenated alkanes) is 1. The molecule has 186 valence electrons. The highest BCUT2D eigenvalue weighted by Gasteiger charge is 2.48. The molecule has 1 aromatic carbocycles. The molecule has 1 unspecified atom stereocenters. The van der Waals surface area contributed by atoms with Crippen LogP contribution in [-0.2, 0) is 14.3 Å². The molecule has 0 saturated carbocycles. The van der Waals surface area contributed by atoms with Crippen molar-refractivity contribution >= 4 is 39.9 Å². The van der Waals surface area contributed by atoms with Gasteiger partial charge in [-0.05, 0) is 43.2 Å². The number of esters is 1. The number of aliphatic hydroxyl groups excluding tert-OH is 1. The van der Waals surface area contributed by atoms with Crippen LogP contribution in [0.2, 0.25) is 0 Å². The van der Waals surface area contributed by atoms with Gasteiger partial charge in [-0.25, -0.2) is 9.78 Å². The molecule has 1 aliphatic heterocycles. The quantitative estimate of drug-likeness (QED) is 0.156. The zero-order valence-corrected chi connectivity index (χ0v) is 20.9. The van der Waals surface area contributed by atoms with Crippen molar-refractivity contribution in [1.82, 2.24) is 9.97 Å². The monoisotopic (exact) mass is 507 g/mol. The molecule has 4 rings (SSSR count). The fourth-order valence-electron chi connectivity index (χ4n) is 3.88. The van der Waals surface area contributed by atoms with Crippen LogP contribution < -0.4 is 9.64 Å². The summed E-state index contributed by atoms with van der Waals surface area (Å²) in [5, 5.41) is 11.5. The molecule has 0 radical (unpaired) electrons. The normalized spacial score (nSPS) is 16.9. The highest BCUT2D eigenvalue weighted by molar-refractivity contribution is 7.17. The summed E-state index contributed by atoms with van der Waals surface area (Å²) in [6.45, 7) is 4.20. The minimum atomic E-state index is -0.978. The van der Waals surface area contributed by atoms with Crippen LogP contribution in [0.1, 0.15) is 52.3 Å². The predicted molar refractivity (Wildman–Crippen MR) is 134 cm³/mol. The van der Waals surface area contributed by atoms with Crippen LogP contribution in [0.5, 0.6) is 5.75 Å². The molecule has 3 aromatic rings. The molecular weight excluding hydrogens is 482 g/mol. The average Bonchev–Trinajstić information content (AvgIpc) is 3.40. The van der Waals surface area contributed by atoms with Crippen molar-refractivity contribution in [3.05, 3.63) is 76.1 Å². The molecule has 9 nitrogen and oxygen atoms in total. The molecule has 2 aromatic heterocycles. The number of ketones is 1. The van der Waals surface area contributed by atoms with Gasteiger partial charge in [0.05, 0.1) is 31.0 Å². The Morgan fingerprint density at radius 1 is 1.19 bits per heavy atom. The lowest BCUT2D eigenvalue weighted by molar-refractivity contribution is -0.132. The second-order valence-corrected chi connectivity index (χ2v) is 9.06. The van der Waals surface area contributed by atoms with E-state index in [2.05, 4.69) is 16.9 Å². The Balaban J connectivity index is 1.84. The van der Waals surface area contributed by atoms with Gasteiger partial charge in [0.15, 0.2) is 5.13 Å². The summed E-state index contributed by atoms with van der Waals surface area (Å²) in [6, 6.07) is 9.07. The first-order chi connectivity index (χ1) is 17.4. The second kappa shape index (κ2) is 10.7. The molecule has 1 amide bonds. The van der Waals surface area contributed by atoms with Gasteiger partial charge in [-0.15, -0.1) is 0 Å². The minimum Gasteiger partial charge on any atom is -0.507 e. The Morgan fingerprint density at radius 3 is 2.64 bits per heavy atom. The highest BCUT2D eigenvalue weighted by atomic mass is 32.1. The smallest absolute Gasteiger partial charge is 0.350 e. The topological polar surface area (TPSA) is 119 Å². The number of anilines is 1. The van der Waals surface area contributed by atoms with Gasteiger partial charge in [-0.2, -0.15) is 0 Å². The summed E-state index contributed by atoms with van der Waals surface area (Å²) in [5.74, 6) is -2.10. The lowest BCUT2D eigenvalue weighted by atomic mass is 9.96. The molecule has 1 fully saturated rings. The molecule has 0 bridgehead atoms. The van der Waals surface area contributed by atoms with Gasteiger partial charge in [0.1, 0.15) is 16.4 Å². The van der Waals surface area contributed by atoms with Crippen LogP contribution >= 0.6 is 11.3 Å². The molecule has 0 spiro atoms. The van der Waals surface area contributed by atoms with E-state index >= 15 is 0 Å². The van der Waals surface area contributed by atoms with E-state index < -0.39 is 23.7 Å². The summed E-state index contributed by atoms with van der Waals surface area (Å²) in [4.78, 5) is 48.5. The number of benzene rings is 1. The first-order valence-electron chi connectivity index (χ1n) is 11.4. The Bertz CT molecular complexity index is 1330. The van der Waals surface area contributed by atoms with Gasteiger partial charge in [-0.3, -0.25) is 19.5 Å². The fourth-order valence-corrected chi connectivity index (χ4v) is 4.89. The number of pyridine rings is 1. The van der Waals surface area contributed by atoms with E-state index in [1.165, 1.54) is 24.4 Å². The van der Waals surface area contributed by atoms with Gasteiger partial charge in [-0.1, -0.05) is 36.8 Å². The zero-order chi connectivity index (χ0) is 25.8. The molecular formula is C26H25N3O6S. The van der Waals surface area contributed by atoms with E-state index in [4.69, 9.17) is 9.47 Å². The van der Waals surface area contributed by atoms with E-state index in [0.717, 1.165) is 24.2 Å². The van der Waals surface area contributed by atoms with Crippen LogP contribution in [-0.4, -0.2) is 46.5 Å². The number of carbonyl (C=O) groups is 3. The number of thiazole rings is 1.